The average molecular weight is 243 g/mol. The molecule has 4 nitrogen and oxygen atoms in total. The second-order valence-corrected chi connectivity index (χ2v) is 3.75. The van der Waals surface area contributed by atoms with Crippen molar-refractivity contribution in [2.24, 2.45) is 5.16 Å². The Morgan fingerprint density at radius 1 is 1.44 bits per heavy atom. The van der Waals surface area contributed by atoms with Crippen molar-refractivity contribution in [1.82, 2.24) is 0 Å². The highest BCUT2D eigenvalue weighted by molar-refractivity contribution is 6.24. The van der Waals surface area contributed by atoms with Crippen molar-refractivity contribution >= 4 is 17.8 Å². The van der Waals surface area contributed by atoms with Gasteiger partial charge in [-0.1, -0.05) is 36.0 Å². The van der Waals surface area contributed by atoms with Crippen LogP contribution in [0.15, 0.2) is 47.6 Å². The van der Waals surface area contributed by atoms with Crippen molar-refractivity contribution in [3.05, 3.63) is 48.1 Å². The van der Waals surface area contributed by atoms with Crippen molar-refractivity contribution in [3.63, 3.8) is 0 Å². The molecule has 0 fully saturated rings. The molecule has 0 unspecified atom stereocenters. The fourth-order valence-electron chi connectivity index (χ4n) is 1.55. The Kier molecular flexibility index (Phi) is 3.57. The molecule has 0 radical (unpaired) electrons. The number of rotatable bonds is 4. The normalized spacial score (nSPS) is 16.4. The van der Waals surface area contributed by atoms with Crippen LogP contribution in [0.2, 0.25) is 0 Å². The lowest BCUT2D eigenvalue weighted by molar-refractivity contribution is -0.136. The molecule has 0 aromatic heterocycles. The average Bonchev–Trinajstić information content (AvgIpc) is 2.69. The highest BCUT2D eigenvalue weighted by Gasteiger charge is 2.22. The van der Waals surface area contributed by atoms with Gasteiger partial charge in [0.25, 0.3) is 0 Å². The van der Waals surface area contributed by atoms with Crippen LogP contribution < -0.4 is 4.74 Å². The number of carbonyl (C=O) groups excluding carboxylic acids is 1. The van der Waals surface area contributed by atoms with Crippen LogP contribution in [-0.4, -0.2) is 18.3 Å². The van der Waals surface area contributed by atoms with E-state index in [2.05, 4.69) is 16.6 Å². The molecule has 0 saturated heterocycles. The Balaban J connectivity index is 2.33. The Morgan fingerprint density at radius 3 is 2.89 bits per heavy atom. The number of benzene rings is 1. The minimum Gasteiger partial charge on any atom is -0.489 e. The maximum atomic E-state index is 11.5. The number of carbonyl (C=O) groups is 1. The number of oxime groups is 1. The summed E-state index contributed by atoms with van der Waals surface area (Å²) in [6.45, 7) is 5.74. The zero-order chi connectivity index (χ0) is 13.0. The highest BCUT2D eigenvalue weighted by Crippen LogP contribution is 2.23. The molecule has 0 bridgehead atoms. The summed E-state index contributed by atoms with van der Waals surface area (Å²) in [6.07, 6.45) is 3.38. The predicted molar refractivity (Wildman–Crippen MR) is 69.3 cm³/mol. The second-order valence-electron chi connectivity index (χ2n) is 3.75. The molecule has 1 aliphatic heterocycles. The molecule has 0 N–H and O–H groups in total. The minimum atomic E-state index is -0.439. The van der Waals surface area contributed by atoms with Crippen molar-refractivity contribution in [3.8, 4) is 5.75 Å². The molecular weight excluding hydrogens is 230 g/mol. The van der Waals surface area contributed by atoms with Gasteiger partial charge in [0.2, 0.25) is 0 Å². The van der Waals surface area contributed by atoms with Gasteiger partial charge in [-0.2, -0.15) is 0 Å². The first-order valence-corrected chi connectivity index (χ1v) is 5.53. The predicted octanol–water partition coefficient (Wildman–Crippen LogP) is 2.57. The zero-order valence-electron chi connectivity index (χ0n) is 10.1. The Labute approximate surface area is 105 Å². The van der Waals surface area contributed by atoms with Crippen LogP contribution in [0.4, 0.5) is 0 Å². The van der Waals surface area contributed by atoms with Crippen LogP contribution in [0.5, 0.6) is 5.75 Å². The Bertz CT molecular complexity index is 544. The van der Waals surface area contributed by atoms with Crippen LogP contribution in [0.1, 0.15) is 12.5 Å². The summed E-state index contributed by atoms with van der Waals surface area (Å²) in [5, 5.41) is 3.63. The summed E-state index contributed by atoms with van der Waals surface area (Å²) < 4.78 is 5.51. The Hall–Kier alpha value is -2.36. The lowest BCUT2D eigenvalue weighted by atomic mass is 10.1. The van der Waals surface area contributed by atoms with Crippen LogP contribution in [0, 0.1) is 0 Å². The van der Waals surface area contributed by atoms with Crippen molar-refractivity contribution in [2.45, 2.75) is 6.92 Å². The molecule has 0 spiro atoms. The SMILES string of the molecule is C=CCOc1ccccc1/C=C1/C(=O)ON=C1C. The van der Waals surface area contributed by atoms with E-state index in [1.165, 1.54) is 0 Å². The van der Waals surface area contributed by atoms with Crippen LogP contribution >= 0.6 is 0 Å². The van der Waals surface area contributed by atoms with Gasteiger partial charge in [-0.05, 0) is 19.1 Å². The van der Waals surface area contributed by atoms with Gasteiger partial charge in [0.15, 0.2) is 0 Å². The van der Waals surface area contributed by atoms with Crippen LogP contribution in [0.25, 0.3) is 6.08 Å². The maximum absolute atomic E-state index is 11.5. The first-order valence-electron chi connectivity index (χ1n) is 5.53. The van der Waals surface area contributed by atoms with Crippen molar-refractivity contribution < 1.29 is 14.4 Å². The molecule has 1 aliphatic rings. The third-order valence-electron chi connectivity index (χ3n) is 2.45. The van der Waals surface area contributed by atoms with E-state index in [4.69, 9.17) is 4.74 Å². The molecule has 1 aromatic carbocycles. The molecule has 1 heterocycles. The summed E-state index contributed by atoms with van der Waals surface area (Å²) in [5.41, 5.74) is 1.82. The van der Waals surface area contributed by atoms with E-state index in [1.54, 1.807) is 19.1 Å². The van der Waals surface area contributed by atoms with Gasteiger partial charge in [0.05, 0.1) is 11.3 Å². The van der Waals surface area contributed by atoms with Gasteiger partial charge in [0.1, 0.15) is 12.4 Å². The topological polar surface area (TPSA) is 47.9 Å². The molecule has 0 aliphatic carbocycles. The molecule has 0 atom stereocenters. The standard InChI is InChI=1S/C14H13NO3/c1-3-8-17-13-7-5-4-6-11(13)9-12-10(2)15-18-14(12)16/h3-7,9H,1,8H2,2H3/b12-9+. The lowest BCUT2D eigenvalue weighted by Gasteiger charge is -2.07. The summed E-state index contributed by atoms with van der Waals surface area (Å²) in [7, 11) is 0. The number of hydrogen-bond donors (Lipinski definition) is 0. The molecule has 4 heteroatoms. The fraction of sp³-hybridized carbons (Fsp3) is 0.143. The van der Waals surface area contributed by atoms with Crippen LogP contribution in [0.3, 0.4) is 0 Å². The molecule has 2 rings (SSSR count). The van der Waals surface area contributed by atoms with E-state index in [0.29, 0.717) is 23.6 Å². The summed E-state index contributed by atoms with van der Waals surface area (Å²) in [4.78, 5) is 16.0. The second kappa shape index (κ2) is 5.31. The van der Waals surface area contributed by atoms with E-state index in [0.717, 1.165) is 5.56 Å². The first-order chi connectivity index (χ1) is 8.72. The maximum Gasteiger partial charge on any atom is 0.367 e. The van der Waals surface area contributed by atoms with Crippen LogP contribution in [-0.2, 0) is 9.63 Å². The fourth-order valence-corrected chi connectivity index (χ4v) is 1.55. The van der Waals surface area contributed by atoms with Gasteiger partial charge in [-0.25, -0.2) is 4.79 Å². The number of para-hydroxylation sites is 1. The summed E-state index contributed by atoms with van der Waals surface area (Å²) >= 11 is 0. The van der Waals surface area contributed by atoms with Gasteiger partial charge in [-0.15, -0.1) is 0 Å². The van der Waals surface area contributed by atoms with E-state index in [9.17, 15) is 4.79 Å². The quantitative estimate of drug-likeness (QED) is 0.464. The molecule has 18 heavy (non-hydrogen) atoms. The van der Waals surface area contributed by atoms with E-state index >= 15 is 0 Å². The summed E-state index contributed by atoms with van der Waals surface area (Å²) in [6, 6.07) is 7.45. The Morgan fingerprint density at radius 2 is 2.22 bits per heavy atom. The van der Waals surface area contributed by atoms with Gasteiger partial charge in [-0.3, -0.25) is 0 Å². The largest absolute Gasteiger partial charge is 0.489 e. The first kappa shape index (κ1) is 12.1. The van der Waals surface area contributed by atoms with Crippen molar-refractivity contribution in [1.29, 1.82) is 0 Å². The molecule has 0 saturated carbocycles. The third kappa shape index (κ3) is 2.48. The molecular formula is C14H13NO3. The van der Waals surface area contributed by atoms with E-state index in [-0.39, 0.29) is 0 Å². The summed E-state index contributed by atoms with van der Waals surface area (Å²) in [5.74, 6) is 0.253. The highest BCUT2D eigenvalue weighted by atomic mass is 16.7. The number of hydrogen-bond acceptors (Lipinski definition) is 4. The van der Waals surface area contributed by atoms with Crippen molar-refractivity contribution in [2.75, 3.05) is 6.61 Å². The zero-order valence-corrected chi connectivity index (χ0v) is 10.1. The number of nitrogens with zero attached hydrogens (tertiary/aromatic N) is 1. The van der Waals surface area contributed by atoms with E-state index in [1.807, 2.05) is 24.3 Å². The molecule has 0 amide bonds. The number of ether oxygens (including phenoxy) is 1. The lowest BCUT2D eigenvalue weighted by Crippen LogP contribution is -2.02. The van der Waals surface area contributed by atoms with Gasteiger partial charge in [0, 0.05) is 5.56 Å². The molecule has 92 valence electrons. The minimum absolute atomic E-state index is 0.414. The van der Waals surface area contributed by atoms with Gasteiger partial charge < -0.3 is 9.57 Å². The third-order valence-corrected chi connectivity index (χ3v) is 2.45. The van der Waals surface area contributed by atoms with E-state index < -0.39 is 5.97 Å². The monoisotopic (exact) mass is 243 g/mol. The smallest absolute Gasteiger partial charge is 0.367 e. The van der Waals surface area contributed by atoms with Gasteiger partial charge >= 0.3 is 5.97 Å². The molecule has 1 aromatic rings.